The summed E-state index contributed by atoms with van der Waals surface area (Å²) in [5.41, 5.74) is 1.11. The predicted molar refractivity (Wildman–Crippen MR) is 182 cm³/mol. The highest BCUT2D eigenvalue weighted by Crippen LogP contribution is 2.48. The van der Waals surface area contributed by atoms with Crippen LogP contribution in [-0.2, 0) is 0 Å². The molecule has 4 aromatic rings. The van der Waals surface area contributed by atoms with Crippen LogP contribution in [0.25, 0.3) is 32.9 Å². The van der Waals surface area contributed by atoms with Gasteiger partial charge in [0.25, 0.3) is 0 Å². The third kappa shape index (κ3) is 4.92. The summed E-state index contributed by atoms with van der Waals surface area (Å²) in [6, 6.07) is 9.87. The van der Waals surface area contributed by atoms with E-state index in [0.717, 1.165) is 51.9 Å². The molecule has 248 valence electrons. The number of terminal acetylenes is 1. The molecule has 2 aromatic heterocycles. The van der Waals surface area contributed by atoms with Crippen LogP contribution in [0, 0.1) is 23.6 Å². The minimum Gasteiger partial charge on any atom is -0.508 e. The molecular weight excluding hydrogens is 609 g/mol. The van der Waals surface area contributed by atoms with Crippen LogP contribution < -0.4 is 19.7 Å². The van der Waals surface area contributed by atoms with Gasteiger partial charge in [-0.3, -0.25) is 0 Å². The molecule has 1 saturated carbocycles. The average molecular weight is 650 g/mol. The van der Waals surface area contributed by atoms with Crippen LogP contribution in [0.2, 0.25) is 0 Å². The molecule has 4 aliphatic heterocycles. The Labute approximate surface area is 279 Å². The van der Waals surface area contributed by atoms with Gasteiger partial charge in [-0.2, -0.15) is 9.97 Å². The number of aromatic nitrogens is 3. The summed E-state index contributed by atoms with van der Waals surface area (Å²) in [7, 11) is 4.30. The molecule has 1 aliphatic carbocycles. The monoisotopic (exact) mass is 649 g/mol. The van der Waals surface area contributed by atoms with Gasteiger partial charge in [0.1, 0.15) is 34.8 Å². The largest absolute Gasteiger partial charge is 0.508 e. The molecule has 5 aliphatic rings. The minimum absolute atomic E-state index is 0.000336. The zero-order valence-electron chi connectivity index (χ0n) is 27.4. The van der Waals surface area contributed by atoms with Crippen LogP contribution in [0.4, 0.5) is 10.2 Å². The van der Waals surface area contributed by atoms with Gasteiger partial charge in [-0.1, -0.05) is 18.1 Å². The second-order valence-electron chi connectivity index (χ2n) is 14.7. The Bertz CT molecular complexity index is 1990. The molecule has 4 fully saturated rings. The summed E-state index contributed by atoms with van der Waals surface area (Å²) in [4.78, 5) is 21.6. The van der Waals surface area contributed by atoms with E-state index in [4.69, 9.17) is 30.8 Å². The first-order valence-electron chi connectivity index (χ1n) is 17.1. The predicted octanol–water partition coefficient (Wildman–Crippen LogP) is 4.17. The number of piperazine rings is 1. The first kappa shape index (κ1) is 29.9. The SMILES string of the molecule is C#Cc1cccc2cc(O)cc(-c3nc4c5c(nc(OCC6(CN7CC[C@@H](N(C)C)C7)CC6)nc5c3F)N3C[C@H]5CC[C@H](N5)[C@H]3CO4)c12. The Morgan fingerprint density at radius 2 is 2.02 bits per heavy atom. The van der Waals surface area contributed by atoms with E-state index in [1.165, 1.54) is 12.5 Å². The number of likely N-dealkylation sites (N-methyl/N-ethyl adjacent to an activating group) is 1. The number of aromatic hydroxyl groups is 1. The Morgan fingerprint density at radius 3 is 2.81 bits per heavy atom. The van der Waals surface area contributed by atoms with E-state index < -0.39 is 5.82 Å². The second-order valence-corrected chi connectivity index (χ2v) is 14.7. The Kier molecular flexibility index (Phi) is 6.94. The van der Waals surface area contributed by atoms with Crippen molar-refractivity contribution < 1.29 is 19.0 Å². The number of phenols is 1. The fourth-order valence-electron chi connectivity index (χ4n) is 8.47. The maximum absolute atomic E-state index is 17.1. The number of rotatable bonds is 7. The molecule has 3 saturated heterocycles. The van der Waals surface area contributed by atoms with Gasteiger partial charge >= 0.3 is 6.01 Å². The molecule has 0 amide bonds. The quantitative estimate of drug-likeness (QED) is 0.284. The third-order valence-corrected chi connectivity index (χ3v) is 11.3. The molecule has 0 radical (unpaired) electrons. The normalized spacial score (nSPS) is 25.6. The van der Waals surface area contributed by atoms with E-state index in [1.807, 2.05) is 12.1 Å². The fraction of sp³-hybridized carbons (Fsp3) is 0.486. The number of pyridine rings is 1. The van der Waals surface area contributed by atoms with E-state index in [2.05, 4.69) is 40.0 Å². The summed E-state index contributed by atoms with van der Waals surface area (Å²) in [6.07, 6.45) is 11.3. The molecule has 4 atom stereocenters. The number of nitrogens with one attached hydrogen (secondary N) is 1. The summed E-state index contributed by atoms with van der Waals surface area (Å²) in [5.74, 6) is 2.94. The highest BCUT2D eigenvalue weighted by molar-refractivity contribution is 6.04. The summed E-state index contributed by atoms with van der Waals surface area (Å²) in [5, 5.41) is 16.2. The lowest BCUT2D eigenvalue weighted by molar-refractivity contribution is 0.164. The maximum Gasteiger partial charge on any atom is 0.319 e. The van der Waals surface area contributed by atoms with Crippen LogP contribution in [-0.4, -0.2) is 108 Å². The number of hydrogen-bond acceptors (Lipinski definition) is 10. The number of halogens is 1. The van der Waals surface area contributed by atoms with Gasteiger partial charge < -0.3 is 34.6 Å². The van der Waals surface area contributed by atoms with Gasteiger partial charge in [-0.05, 0) is 76.3 Å². The lowest BCUT2D eigenvalue weighted by atomic mass is 9.96. The Hall–Kier alpha value is -4.24. The zero-order chi connectivity index (χ0) is 32.7. The van der Waals surface area contributed by atoms with E-state index in [0.29, 0.717) is 58.4 Å². The van der Waals surface area contributed by atoms with Gasteiger partial charge in [-0.25, -0.2) is 9.37 Å². The number of hydrogen-bond donors (Lipinski definition) is 2. The molecule has 0 unspecified atom stereocenters. The summed E-state index contributed by atoms with van der Waals surface area (Å²) in [6.45, 7) is 4.70. The first-order valence-corrected chi connectivity index (χ1v) is 17.1. The number of fused-ring (bicyclic) bond motifs is 6. The summed E-state index contributed by atoms with van der Waals surface area (Å²) >= 11 is 0. The molecule has 9 rings (SSSR count). The molecule has 2 bridgehead atoms. The van der Waals surface area contributed by atoms with Gasteiger partial charge in [0, 0.05) is 59.7 Å². The number of likely N-dealkylation sites (tertiary alicyclic amines) is 1. The summed E-state index contributed by atoms with van der Waals surface area (Å²) < 4.78 is 30.0. The van der Waals surface area contributed by atoms with Crippen molar-refractivity contribution in [1.82, 2.24) is 30.1 Å². The van der Waals surface area contributed by atoms with Crippen LogP contribution in [0.1, 0.15) is 37.7 Å². The van der Waals surface area contributed by atoms with Crippen molar-refractivity contribution in [3.05, 3.63) is 41.7 Å². The molecule has 48 heavy (non-hydrogen) atoms. The number of anilines is 1. The third-order valence-electron chi connectivity index (χ3n) is 11.3. The molecule has 2 N–H and O–H groups in total. The van der Waals surface area contributed by atoms with Crippen molar-refractivity contribution >= 4 is 27.5 Å². The van der Waals surface area contributed by atoms with Crippen LogP contribution in [0.3, 0.4) is 0 Å². The molecule has 2 aromatic carbocycles. The van der Waals surface area contributed by atoms with Crippen molar-refractivity contribution in [2.75, 3.05) is 58.4 Å². The van der Waals surface area contributed by atoms with E-state index in [9.17, 15) is 5.11 Å². The van der Waals surface area contributed by atoms with Crippen molar-refractivity contribution in [3.63, 3.8) is 0 Å². The topological polar surface area (TPSA) is 99.1 Å². The fourth-order valence-corrected chi connectivity index (χ4v) is 8.47. The van der Waals surface area contributed by atoms with Crippen LogP contribution >= 0.6 is 0 Å². The molecule has 0 spiro atoms. The molecule has 10 nitrogen and oxygen atoms in total. The van der Waals surface area contributed by atoms with Crippen LogP contribution in [0.5, 0.6) is 17.6 Å². The average Bonchev–Trinajstić information content (AvgIpc) is 3.54. The number of benzene rings is 2. The molecular formula is C37H40FN7O3. The second kappa shape index (κ2) is 11.2. The van der Waals surface area contributed by atoms with E-state index in [-0.39, 0.29) is 46.3 Å². The van der Waals surface area contributed by atoms with Crippen molar-refractivity contribution in [2.24, 2.45) is 5.41 Å². The van der Waals surface area contributed by atoms with Crippen LogP contribution in [0.15, 0.2) is 30.3 Å². The van der Waals surface area contributed by atoms with Gasteiger partial charge in [0.05, 0.1) is 12.6 Å². The van der Waals surface area contributed by atoms with E-state index in [1.54, 1.807) is 12.1 Å². The van der Waals surface area contributed by atoms with Gasteiger partial charge in [-0.15, -0.1) is 6.42 Å². The molecule has 11 heteroatoms. The maximum atomic E-state index is 17.1. The Morgan fingerprint density at radius 1 is 1.15 bits per heavy atom. The number of phenolic OH excluding ortho intramolecular Hbond substituents is 1. The van der Waals surface area contributed by atoms with Gasteiger partial charge in [0.2, 0.25) is 5.88 Å². The number of ether oxygens (including phenoxy) is 2. The van der Waals surface area contributed by atoms with Crippen molar-refractivity contribution in [2.45, 2.75) is 56.3 Å². The zero-order valence-corrected chi connectivity index (χ0v) is 27.4. The highest BCUT2D eigenvalue weighted by Gasteiger charge is 2.47. The lowest BCUT2D eigenvalue weighted by Gasteiger charge is -2.40. The van der Waals surface area contributed by atoms with Crippen molar-refractivity contribution in [1.29, 1.82) is 0 Å². The highest BCUT2D eigenvalue weighted by atomic mass is 19.1. The first-order chi connectivity index (χ1) is 23.3. The van der Waals surface area contributed by atoms with E-state index >= 15 is 4.39 Å². The van der Waals surface area contributed by atoms with Crippen molar-refractivity contribution in [3.8, 4) is 41.2 Å². The lowest BCUT2D eigenvalue weighted by Crippen LogP contribution is -2.60. The molecule has 6 heterocycles. The minimum atomic E-state index is -0.630. The van der Waals surface area contributed by atoms with Gasteiger partial charge in [0.15, 0.2) is 5.82 Å². The smallest absolute Gasteiger partial charge is 0.319 e. The standard InChI is InChI=1S/C37H40FN7O3/c1-4-21-6-5-7-22-14-25(46)15-26(29(21)22)32-31(38)33-30-34(45-16-23-8-9-27(39-23)28(45)18-47-35(30)40-32)42-36(41-33)48-20-37(11-12-37)19-44-13-10-24(17-44)43(2)3/h1,5-7,14-15,23-24,27-28,39,46H,8-13,16-20H2,2-3H3/t23-,24-,27+,28-/m1/s1. The Balaban J connectivity index is 1.15. The number of nitrogens with zero attached hydrogens (tertiary/aromatic N) is 6.